The fourth-order valence-corrected chi connectivity index (χ4v) is 6.01. The number of aromatic nitrogens is 3. The van der Waals surface area contributed by atoms with Crippen molar-refractivity contribution in [2.75, 3.05) is 0 Å². The van der Waals surface area contributed by atoms with Gasteiger partial charge in [0.1, 0.15) is 5.52 Å². The van der Waals surface area contributed by atoms with Crippen LogP contribution in [0, 0.1) is 13.8 Å². The molecule has 29 heavy (non-hydrogen) atoms. The fraction of sp³-hybridized carbons (Fsp3) is 0.120. The highest BCUT2D eigenvalue weighted by atomic mass is 32.1. The molecule has 0 bridgehead atoms. The molecule has 0 unspecified atom stereocenters. The highest BCUT2D eigenvalue weighted by Crippen LogP contribution is 2.43. The van der Waals surface area contributed by atoms with Gasteiger partial charge < -0.3 is 4.40 Å². The number of hydrogen-bond donors (Lipinski definition) is 0. The Morgan fingerprint density at radius 3 is 2.69 bits per heavy atom. The van der Waals surface area contributed by atoms with Crippen molar-refractivity contribution in [3.8, 4) is 0 Å². The molecule has 0 spiro atoms. The van der Waals surface area contributed by atoms with E-state index in [4.69, 9.17) is 4.98 Å². The Morgan fingerprint density at radius 2 is 1.79 bits per heavy atom. The van der Waals surface area contributed by atoms with Gasteiger partial charge in [-0.05, 0) is 52.5 Å². The highest BCUT2D eigenvalue weighted by Gasteiger charge is 2.27. The molecule has 0 atom stereocenters. The summed E-state index contributed by atoms with van der Waals surface area (Å²) in [5, 5.41) is 8.76. The minimum absolute atomic E-state index is 1.03. The lowest BCUT2D eigenvalue weighted by atomic mass is 9.97. The molecular formula is C25H18N3S+. The number of nitrogens with zero attached hydrogens (tertiary/aromatic N) is 3. The molecule has 3 aromatic carbocycles. The SMILES string of the molecule is Cc1ccc2cc3sccc3c3c2c1c1c2c(nc(C)[n+]1C)c1ccccc1n32. The normalized spacial score (nSPS) is 12.7. The molecule has 0 N–H and O–H groups in total. The van der Waals surface area contributed by atoms with Crippen molar-refractivity contribution in [3.63, 3.8) is 0 Å². The summed E-state index contributed by atoms with van der Waals surface area (Å²) in [6.45, 7) is 4.34. The first-order valence-corrected chi connectivity index (χ1v) is 10.8. The maximum Gasteiger partial charge on any atom is 0.296 e. The van der Waals surface area contributed by atoms with Crippen LogP contribution in [0.15, 0.2) is 53.9 Å². The first-order chi connectivity index (χ1) is 14.1. The van der Waals surface area contributed by atoms with E-state index in [0.29, 0.717) is 0 Å². The highest BCUT2D eigenvalue weighted by molar-refractivity contribution is 7.17. The lowest BCUT2D eigenvalue weighted by Crippen LogP contribution is -2.34. The van der Waals surface area contributed by atoms with Crippen LogP contribution in [-0.4, -0.2) is 9.38 Å². The summed E-state index contributed by atoms with van der Waals surface area (Å²) < 4.78 is 6.07. The lowest BCUT2D eigenvalue weighted by Gasteiger charge is -2.15. The molecule has 0 aliphatic rings. The number of benzene rings is 3. The van der Waals surface area contributed by atoms with Crippen LogP contribution in [0.3, 0.4) is 0 Å². The number of thiophene rings is 1. The quantitative estimate of drug-likeness (QED) is 0.175. The average molecular weight is 393 g/mol. The molecule has 0 fully saturated rings. The Bertz CT molecular complexity index is 1790. The van der Waals surface area contributed by atoms with Crippen LogP contribution in [0.25, 0.3) is 59.2 Å². The molecule has 0 radical (unpaired) electrons. The van der Waals surface area contributed by atoms with E-state index in [-0.39, 0.29) is 0 Å². The summed E-state index contributed by atoms with van der Waals surface area (Å²) in [5.74, 6) is 1.03. The third kappa shape index (κ3) is 1.70. The first kappa shape index (κ1) is 15.7. The molecule has 0 amide bonds. The molecule has 0 aliphatic carbocycles. The average Bonchev–Trinajstić information content (AvgIpc) is 3.32. The minimum atomic E-state index is 1.03. The summed E-state index contributed by atoms with van der Waals surface area (Å²) in [5.41, 5.74) is 7.44. The largest absolute Gasteiger partial charge is 0.301 e. The van der Waals surface area contributed by atoms with Crippen molar-refractivity contribution in [2.45, 2.75) is 13.8 Å². The predicted octanol–water partition coefficient (Wildman–Crippen LogP) is 6.04. The molecule has 0 saturated heterocycles. The van der Waals surface area contributed by atoms with E-state index >= 15 is 0 Å². The minimum Gasteiger partial charge on any atom is -0.301 e. The fourth-order valence-electron chi connectivity index (χ4n) is 5.17. The van der Waals surface area contributed by atoms with Gasteiger partial charge in [0.25, 0.3) is 5.82 Å². The van der Waals surface area contributed by atoms with Crippen molar-refractivity contribution >= 4 is 70.6 Å². The van der Waals surface area contributed by atoms with Crippen LogP contribution >= 0.6 is 11.3 Å². The van der Waals surface area contributed by atoms with Gasteiger partial charge in [-0.15, -0.1) is 11.3 Å². The van der Waals surface area contributed by atoms with Gasteiger partial charge in [-0.3, -0.25) is 0 Å². The molecule has 4 heteroatoms. The molecular weight excluding hydrogens is 374 g/mol. The molecule has 0 aliphatic heterocycles. The molecule has 4 heterocycles. The van der Waals surface area contributed by atoms with E-state index in [1.807, 2.05) is 11.3 Å². The van der Waals surface area contributed by atoms with Crippen molar-refractivity contribution in [1.82, 2.24) is 9.38 Å². The van der Waals surface area contributed by atoms with E-state index < -0.39 is 0 Å². The van der Waals surface area contributed by atoms with Gasteiger partial charge in [0.15, 0.2) is 5.52 Å². The van der Waals surface area contributed by atoms with Crippen molar-refractivity contribution < 1.29 is 4.57 Å². The van der Waals surface area contributed by atoms with Crippen LogP contribution in [0.5, 0.6) is 0 Å². The van der Waals surface area contributed by atoms with Crippen molar-refractivity contribution in [3.05, 3.63) is 65.3 Å². The van der Waals surface area contributed by atoms with Gasteiger partial charge in [-0.2, -0.15) is 0 Å². The third-order valence-electron chi connectivity index (χ3n) is 6.55. The Labute approximate surface area is 170 Å². The van der Waals surface area contributed by atoms with Crippen LogP contribution in [0.2, 0.25) is 0 Å². The van der Waals surface area contributed by atoms with Crippen LogP contribution in [0.4, 0.5) is 0 Å². The third-order valence-corrected chi connectivity index (χ3v) is 7.41. The second-order valence-corrected chi connectivity index (χ2v) is 8.98. The molecule has 3 nitrogen and oxygen atoms in total. The second-order valence-electron chi connectivity index (χ2n) is 8.03. The van der Waals surface area contributed by atoms with Gasteiger partial charge in [0.05, 0.1) is 23.5 Å². The predicted molar refractivity (Wildman–Crippen MR) is 122 cm³/mol. The first-order valence-electron chi connectivity index (χ1n) is 9.89. The van der Waals surface area contributed by atoms with E-state index in [0.717, 1.165) is 11.3 Å². The van der Waals surface area contributed by atoms with E-state index in [1.54, 1.807) is 0 Å². The Kier molecular flexibility index (Phi) is 2.71. The van der Waals surface area contributed by atoms with E-state index in [9.17, 15) is 0 Å². The zero-order valence-electron chi connectivity index (χ0n) is 16.4. The summed E-state index contributed by atoms with van der Waals surface area (Å²) in [4.78, 5) is 5.05. The van der Waals surface area contributed by atoms with Gasteiger partial charge >= 0.3 is 0 Å². The maximum absolute atomic E-state index is 5.05. The Morgan fingerprint density at radius 1 is 0.931 bits per heavy atom. The summed E-state index contributed by atoms with van der Waals surface area (Å²) in [7, 11) is 2.14. The zero-order chi connectivity index (χ0) is 19.4. The van der Waals surface area contributed by atoms with Crippen molar-refractivity contribution in [1.29, 1.82) is 0 Å². The second kappa shape index (κ2) is 5.02. The van der Waals surface area contributed by atoms with E-state index in [2.05, 4.69) is 83.8 Å². The lowest BCUT2D eigenvalue weighted by molar-refractivity contribution is -0.653. The standard InChI is InChI=1S/C25H18N3S/c1-13-8-9-15-12-19-17(10-11-29-19)23-21(15)20(13)24-25-22(26-14(2)27(24)3)16-6-4-5-7-18(16)28(23)25/h4-12H,1-3H3/q+1. The van der Waals surface area contributed by atoms with Crippen LogP contribution in [-0.2, 0) is 7.05 Å². The topological polar surface area (TPSA) is 21.2 Å². The van der Waals surface area contributed by atoms with Gasteiger partial charge in [0.2, 0.25) is 5.52 Å². The van der Waals surface area contributed by atoms with Crippen LogP contribution in [0.1, 0.15) is 11.4 Å². The van der Waals surface area contributed by atoms with Crippen LogP contribution < -0.4 is 4.57 Å². The van der Waals surface area contributed by atoms with Gasteiger partial charge in [0, 0.05) is 27.8 Å². The van der Waals surface area contributed by atoms with Gasteiger partial charge in [-0.25, -0.2) is 4.57 Å². The summed E-state index contributed by atoms with van der Waals surface area (Å²) >= 11 is 1.82. The number of fused-ring (bicyclic) bond motifs is 7. The molecule has 4 aromatic heterocycles. The maximum atomic E-state index is 5.05. The summed E-state index contributed by atoms with van der Waals surface area (Å²) in [6, 6.07) is 17.9. The molecule has 138 valence electrons. The summed E-state index contributed by atoms with van der Waals surface area (Å²) in [6.07, 6.45) is 0. The molecule has 7 aromatic rings. The smallest absolute Gasteiger partial charge is 0.296 e. The zero-order valence-corrected chi connectivity index (χ0v) is 17.3. The number of para-hydroxylation sites is 1. The number of aryl methyl sites for hydroxylation is 3. The van der Waals surface area contributed by atoms with E-state index in [1.165, 1.54) is 59.3 Å². The monoisotopic (exact) mass is 392 g/mol. The van der Waals surface area contributed by atoms with Gasteiger partial charge in [-0.1, -0.05) is 24.3 Å². The Balaban J connectivity index is 2.06. The number of pyridine rings is 1. The van der Waals surface area contributed by atoms with Crippen molar-refractivity contribution in [2.24, 2.45) is 7.05 Å². The molecule has 7 rings (SSSR count). The molecule has 0 saturated carbocycles. The number of rotatable bonds is 0. The Hall–Kier alpha value is -3.24. The number of hydrogen-bond acceptors (Lipinski definition) is 2.